The van der Waals surface area contributed by atoms with Crippen molar-refractivity contribution in [1.82, 2.24) is 15.5 Å². The lowest BCUT2D eigenvalue weighted by molar-refractivity contribution is 0.274. The summed E-state index contributed by atoms with van der Waals surface area (Å²) in [6, 6.07) is 0.549. The van der Waals surface area contributed by atoms with Gasteiger partial charge in [0.2, 0.25) is 11.8 Å². The van der Waals surface area contributed by atoms with Crippen LogP contribution in [0, 0.1) is 12.8 Å². The molecule has 1 aliphatic rings. The maximum absolute atomic E-state index is 5.34. The normalized spacial score (nSPS) is 19.9. The zero-order valence-corrected chi connectivity index (χ0v) is 10.2. The van der Waals surface area contributed by atoms with Gasteiger partial charge in [0.25, 0.3) is 0 Å². The number of hydrogen-bond acceptors (Lipinski definition) is 4. The van der Waals surface area contributed by atoms with Crippen LogP contribution < -0.4 is 5.32 Å². The Kier molecular flexibility index (Phi) is 3.93. The first-order chi connectivity index (χ1) is 7.75. The highest BCUT2D eigenvalue weighted by molar-refractivity contribution is 4.81. The lowest BCUT2D eigenvalue weighted by Crippen LogP contribution is -2.34. The van der Waals surface area contributed by atoms with Crippen LogP contribution in [0.5, 0.6) is 0 Å². The Morgan fingerprint density at radius 3 is 2.69 bits per heavy atom. The van der Waals surface area contributed by atoms with Gasteiger partial charge in [-0.05, 0) is 25.7 Å². The molecule has 2 rings (SSSR count). The van der Waals surface area contributed by atoms with Crippen LogP contribution >= 0.6 is 0 Å². The first-order valence-electron chi connectivity index (χ1n) is 6.28. The highest BCUT2D eigenvalue weighted by atomic mass is 16.4. The maximum Gasteiger partial charge on any atom is 0.230 e. The molecule has 0 spiro atoms. The minimum absolute atomic E-state index is 0.549. The Morgan fingerprint density at radius 2 is 2.06 bits per heavy atom. The summed E-state index contributed by atoms with van der Waals surface area (Å²) in [5.41, 5.74) is 0. The molecule has 0 amide bonds. The van der Waals surface area contributed by atoms with Crippen molar-refractivity contribution in [2.24, 2.45) is 5.92 Å². The molecule has 1 atom stereocenters. The molecular weight excluding hydrogens is 202 g/mol. The number of hydrogen-bond donors (Lipinski definition) is 1. The SMILES string of the molecule is Cc1nnc(CN[C@@H](C)C2CCCCC2)o1. The fourth-order valence-corrected chi connectivity index (χ4v) is 2.46. The third-order valence-corrected chi connectivity index (χ3v) is 3.50. The van der Waals surface area contributed by atoms with Gasteiger partial charge in [0, 0.05) is 13.0 Å². The summed E-state index contributed by atoms with van der Waals surface area (Å²) in [4.78, 5) is 0. The minimum atomic E-state index is 0.549. The lowest BCUT2D eigenvalue weighted by atomic mass is 9.84. The van der Waals surface area contributed by atoms with E-state index in [9.17, 15) is 0 Å². The predicted molar refractivity (Wildman–Crippen MR) is 61.9 cm³/mol. The first-order valence-corrected chi connectivity index (χ1v) is 6.28. The fraction of sp³-hybridized carbons (Fsp3) is 0.833. The molecule has 1 heterocycles. The maximum atomic E-state index is 5.34. The summed E-state index contributed by atoms with van der Waals surface area (Å²) in [5.74, 6) is 2.15. The molecule has 1 fully saturated rings. The van der Waals surface area contributed by atoms with Gasteiger partial charge in [-0.25, -0.2) is 0 Å². The van der Waals surface area contributed by atoms with Gasteiger partial charge in [-0.3, -0.25) is 0 Å². The van der Waals surface area contributed by atoms with Crippen LogP contribution in [0.2, 0.25) is 0 Å². The highest BCUT2D eigenvalue weighted by Crippen LogP contribution is 2.26. The molecule has 16 heavy (non-hydrogen) atoms. The van der Waals surface area contributed by atoms with Gasteiger partial charge in [-0.1, -0.05) is 19.3 Å². The Morgan fingerprint density at radius 1 is 1.31 bits per heavy atom. The quantitative estimate of drug-likeness (QED) is 0.851. The molecule has 4 heteroatoms. The Bertz CT molecular complexity index is 318. The summed E-state index contributed by atoms with van der Waals surface area (Å²) in [5, 5.41) is 11.3. The van der Waals surface area contributed by atoms with E-state index in [0.717, 1.165) is 5.92 Å². The molecule has 0 bridgehead atoms. The summed E-state index contributed by atoms with van der Waals surface area (Å²) in [6.45, 7) is 4.78. The van der Waals surface area contributed by atoms with Crippen LogP contribution in [0.1, 0.15) is 50.8 Å². The van der Waals surface area contributed by atoms with Gasteiger partial charge < -0.3 is 9.73 Å². The van der Waals surface area contributed by atoms with E-state index >= 15 is 0 Å². The van der Waals surface area contributed by atoms with Crippen LogP contribution in [-0.4, -0.2) is 16.2 Å². The van der Waals surface area contributed by atoms with Crippen molar-refractivity contribution in [3.8, 4) is 0 Å². The Hall–Kier alpha value is -0.900. The smallest absolute Gasteiger partial charge is 0.230 e. The molecular formula is C12H21N3O. The average molecular weight is 223 g/mol. The summed E-state index contributed by atoms with van der Waals surface area (Å²) in [6.07, 6.45) is 6.90. The standard InChI is InChI=1S/C12H21N3O/c1-9(11-6-4-3-5-7-11)13-8-12-15-14-10(2)16-12/h9,11,13H,3-8H2,1-2H3/t9-/m0/s1. The van der Waals surface area contributed by atoms with Crippen molar-refractivity contribution in [1.29, 1.82) is 0 Å². The molecule has 1 aliphatic carbocycles. The van der Waals surface area contributed by atoms with Crippen molar-refractivity contribution >= 4 is 0 Å². The number of aromatic nitrogens is 2. The number of nitrogens with one attached hydrogen (secondary N) is 1. The van der Waals surface area contributed by atoms with E-state index in [0.29, 0.717) is 24.4 Å². The van der Waals surface area contributed by atoms with Crippen molar-refractivity contribution in [2.75, 3.05) is 0 Å². The van der Waals surface area contributed by atoms with E-state index in [-0.39, 0.29) is 0 Å². The zero-order valence-electron chi connectivity index (χ0n) is 10.2. The second-order valence-electron chi connectivity index (χ2n) is 4.78. The molecule has 1 aromatic heterocycles. The molecule has 1 N–H and O–H groups in total. The van der Waals surface area contributed by atoms with Crippen LogP contribution in [0.25, 0.3) is 0 Å². The minimum Gasteiger partial charge on any atom is -0.424 e. The lowest BCUT2D eigenvalue weighted by Gasteiger charge is -2.27. The Labute approximate surface area is 96.8 Å². The van der Waals surface area contributed by atoms with E-state index < -0.39 is 0 Å². The van der Waals surface area contributed by atoms with E-state index in [1.54, 1.807) is 0 Å². The monoisotopic (exact) mass is 223 g/mol. The van der Waals surface area contributed by atoms with Crippen molar-refractivity contribution in [3.05, 3.63) is 11.8 Å². The molecule has 0 aromatic carbocycles. The Balaban J connectivity index is 1.76. The highest BCUT2D eigenvalue weighted by Gasteiger charge is 2.19. The molecule has 0 saturated heterocycles. The molecule has 0 radical (unpaired) electrons. The van der Waals surface area contributed by atoms with E-state index in [4.69, 9.17) is 4.42 Å². The number of rotatable bonds is 4. The van der Waals surface area contributed by atoms with Gasteiger partial charge in [0.15, 0.2) is 0 Å². The largest absolute Gasteiger partial charge is 0.424 e. The van der Waals surface area contributed by atoms with Gasteiger partial charge in [0.1, 0.15) is 0 Å². The van der Waals surface area contributed by atoms with Crippen molar-refractivity contribution in [2.45, 2.75) is 58.5 Å². The first kappa shape index (κ1) is 11.6. The van der Waals surface area contributed by atoms with E-state index in [2.05, 4.69) is 22.4 Å². The molecule has 4 nitrogen and oxygen atoms in total. The van der Waals surface area contributed by atoms with Crippen molar-refractivity contribution < 1.29 is 4.42 Å². The van der Waals surface area contributed by atoms with Crippen LogP contribution in [0.4, 0.5) is 0 Å². The summed E-state index contributed by atoms with van der Waals surface area (Å²) >= 11 is 0. The van der Waals surface area contributed by atoms with Crippen LogP contribution in [-0.2, 0) is 6.54 Å². The zero-order chi connectivity index (χ0) is 11.4. The van der Waals surface area contributed by atoms with E-state index in [1.807, 2.05) is 6.92 Å². The third kappa shape index (κ3) is 3.04. The summed E-state index contributed by atoms with van der Waals surface area (Å²) < 4.78 is 5.34. The summed E-state index contributed by atoms with van der Waals surface area (Å²) in [7, 11) is 0. The van der Waals surface area contributed by atoms with Crippen LogP contribution in [0.3, 0.4) is 0 Å². The number of nitrogens with zero attached hydrogens (tertiary/aromatic N) is 2. The van der Waals surface area contributed by atoms with Gasteiger partial charge >= 0.3 is 0 Å². The fourth-order valence-electron chi connectivity index (χ4n) is 2.46. The average Bonchev–Trinajstić information content (AvgIpc) is 2.73. The second-order valence-corrected chi connectivity index (χ2v) is 4.78. The van der Waals surface area contributed by atoms with Crippen LogP contribution in [0.15, 0.2) is 4.42 Å². The molecule has 90 valence electrons. The third-order valence-electron chi connectivity index (χ3n) is 3.50. The van der Waals surface area contributed by atoms with Gasteiger partial charge in [-0.2, -0.15) is 0 Å². The topological polar surface area (TPSA) is 51.0 Å². The van der Waals surface area contributed by atoms with Gasteiger partial charge in [-0.15, -0.1) is 10.2 Å². The number of aryl methyl sites for hydroxylation is 1. The predicted octanol–water partition coefficient (Wildman–Crippen LogP) is 2.44. The molecule has 0 unspecified atom stereocenters. The molecule has 1 saturated carbocycles. The van der Waals surface area contributed by atoms with E-state index in [1.165, 1.54) is 32.1 Å². The van der Waals surface area contributed by atoms with Gasteiger partial charge in [0.05, 0.1) is 6.54 Å². The van der Waals surface area contributed by atoms with Crippen molar-refractivity contribution in [3.63, 3.8) is 0 Å². The molecule has 0 aliphatic heterocycles. The molecule has 1 aromatic rings. The second kappa shape index (κ2) is 5.43.